The summed E-state index contributed by atoms with van der Waals surface area (Å²) in [4.78, 5) is 30.0. The average Bonchev–Trinajstić information content (AvgIpc) is 3.49. The van der Waals surface area contributed by atoms with Crippen LogP contribution in [-0.2, 0) is 34.8 Å². The number of nitrogens with zero attached hydrogens (tertiary/aromatic N) is 4. The van der Waals surface area contributed by atoms with Crippen LogP contribution in [0.15, 0.2) is 60.7 Å². The number of hydrogen-bond acceptors (Lipinski definition) is 4. The molecule has 42 heavy (non-hydrogen) atoms. The van der Waals surface area contributed by atoms with Gasteiger partial charge in [0.15, 0.2) is 0 Å². The molecule has 0 spiro atoms. The number of cyclic esters (lactones) is 2. The summed E-state index contributed by atoms with van der Waals surface area (Å²) in [5, 5.41) is 5.42. The molecule has 0 bridgehead atoms. The second-order valence-electron chi connectivity index (χ2n) is 11.1. The number of ether oxygens (including phenoxy) is 2. The Morgan fingerprint density at radius 3 is 1.36 bits per heavy atom. The van der Waals surface area contributed by atoms with Gasteiger partial charge in [-0.15, -0.1) is 0 Å². The molecule has 4 heterocycles. The number of aromatic nitrogens is 2. The Kier molecular flexibility index (Phi) is 6.79. The van der Waals surface area contributed by atoms with Gasteiger partial charge in [0.05, 0.1) is 25.5 Å². The SMILES string of the molecule is [C-]#[N+]c1ccc(-c2ccc3c(c2)C(C)(C)OC(=O)N3)n1C.[C-]#[N+]c1ccc(-c2ccc3c(c2)C(C)(C)OC(=O)N3)n1C. The molecule has 10 heteroatoms. The van der Waals surface area contributed by atoms with Crippen molar-refractivity contribution in [2.45, 2.75) is 38.9 Å². The third-order valence-electron chi connectivity index (χ3n) is 7.52. The van der Waals surface area contributed by atoms with Crippen molar-refractivity contribution in [3.05, 3.63) is 94.6 Å². The first-order chi connectivity index (χ1) is 19.8. The number of carbonyl (C=O) groups excluding carboxylic acids is 2. The Balaban J connectivity index is 0.000000168. The van der Waals surface area contributed by atoms with Gasteiger partial charge in [-0.05, 0) is 88.4 Å². The maximum atomic E-state index is 11.5. The quantitative estimate of drug-likeness (QED) is 0.242. The third-order valence-corrected chi connectivity index (χ3v) is 7.52. The first-order valence-corrected chi connectivity index (χ1v) is 13.2. The maximum Gasteiger partial charge on any atom is 0.412 e. The van der Waals surface area contributed by atoms with Gasteiger partial charge in [-0.25, -0.2) is 9.59 Å². The lowest BCUT2D eigenvalue weighted by Crippen LogP contribution is -2.34. The summed E-state index contributed by atoms with van der Waals surface area (Å²) in [5.41, 5.74) is 5.89. The van der Waals surface area contributed by atoms with E-state index < -0.39 is 23.4 Å². The van der Waals surface area contributed by atoms with Crippen LogP contribution in [0.5, 0.6) is 0 Å². The highest BCUT2D eigenvalue weighted by Crippen LogP contribution is 2.40. The molecule has 0 unspecified atom stereocenters. The molecule has 0 atom stereocenters. The summed E-state index contributed by atoms with van der Waals surface area (Å²) in [5.74, 6) is 1.18. The van der Waals surface area contributed by atoms with Crippen LogP contribution in [0.1, 0.15) is 38.8 Å². The van der Waals surface area contributed by atoms with Crippen LogP contribution in [0.25, 0.3) is 32.2 Å². The summed E-state index contributed by atoms with van der Waals surface area (Å²) >= 11 is 0. The zero-order valence-corrected chi connectivity index (χ0v) is 24.2. The number of hydrogen-bond donors (Lipinski definition) is 2. The van der Waals surface area contributed by atoms with E-state index in [4.69, 9.17) is 22.6 Å². The van der Waals surface area contributed by atoms with Gasteiger partial charge in [0.25, 0.3) is 0 Å². The van der Waals surface area contributed by atoms with Crippen LogP contribution in [0.4, 0.5) is 32.6 Å². The van der Waals surface area contributed by atoms with E-state index in [1.807, 2.05) is 99.5 Å². The fraction of sp³-hybridized carbons (Fsp3) is 0.250. The van der Waals surface area contributed by atoms with Gasteiger partial charge in [0, 0.05) is 22.3 Å². The minimum Gasteiger partial charge on any atom is -0.438 e. The van der Waals surface area contributed by atoms with Crippen molar-refractivity contribution >= 4 is 35.2 Å². The topological polar surface area (TPSA) is 95.2 Å². The molecule has 2 aromatic heterocycles. The lowest BCUT2D eigenvalue weighted by molar-refractivity contribution is 0.0412. The molecule has 212 valence electrons. The van der Waals surface area contributed by atoms with E-state index in [0.29, 0.717) is 11.6 Å². The molecule has 6 rings (SSSR count). The molecule has 0 saturated carbocycles. The molecular weight excluding hydrogens is 532 g/mol. The van der Waals surface area contributed by atoms with E-state index in [-0.39, 0.29) is 0 Å². The highest BCUT2D eigenvalue weighted by molar-refractivity contribution is 5.90. The van der Waals surface area contributed by atoms with Crippen LogP contribution in [0, 0.1) is 13.1 Å². The van der Waals surface area contributed by atoms with Crippen molar-refractivity contribution in [2.75, 3.05) is 10.6 Å². The second-order valence-corrected chi connectivity index (χ2v) is 11.1. The number of fused-ring (bicyclic) bond motifs is 2. The average molecular weight is 563 g/mol. The molecule has 2 aliphatic rings. The summed E-state index contributed by atoms with van der Waals surface area (Å²) in [6.07, 6.45) is -0.871. The number of nitrogens with one attached hydrogen (secondary N) is 2. The Morgan fingerprint density at radius 2 is 1.02 bits per heavy atom. The van der Waals surface area contributed by atoms with Crippen molar-refractivity contribution < 1.29 is 19.1 Å². The standard InChI is InChI=1S/2C16H15N3O2/c2*1-16(2)11-9-10(5-6-12(11)18-15(20)21-16)13-7-8-14(17-3)19(13)4/h2*5-9H,1-2,4H3,(H,18,20). The van der Waals surface area contributed by atoms with Crippen LogP contribution < -0.4 is 10.6 Å². The van der Waals surface area contributed by atoms with Crippen LogP contribution in [-0.4, -0.2) is 21.3 Å². The van der Waals surface area contributed by atoms with Crippen molar-refractivity contribution in [3.63, 3.8) is 0 Å². The molecule has 0 aliphatic carbocycles. The predicted molar refractivity (Wildman–Crippen MR) is 160 cm³/mol. The second kappa shape index (κ2) is 10.2. The summed E-state index contributed by atoms with van der Waals surface area (Å²) < 4.78 is 14.4. The Labute approximate surface area is 244 Å². The maximum absolute atomic E-state index is 11.5. The van der Waals surface area contributed by atoms with Crippen molar-refractivity contribution in [1.82, 2.24) is 9.13 Å². The highest BCUT2D eigenvalue weighted by atomic mass is 16.6. The van der Waals surface area contributed by atoms with Crippen molar-refractivity contribution in [1.29, 1.82) is 0 Å². The monoisotopic (exact) mass is 562 g/mol. The summed E-state index contributed by atoms with van der Waals surface area (Å²) in [7, 11) is 3.73. The lowest BCUT2D eigenvalue weighted by Gasteiger charge is -2.32. The number of amides is 2. The Bertz CT molecular complexity index is 1700. The van der Waals surface area contributed by atoms with Gasteiger partial charge in [-0.1, -0.05) is 13.1 Å². The smallest absolute Gasteiger partial charge is 0.412 e. The van der Waals surface area contributed by atoms with Gasteiger partial charge in [-0.3, -0.25) is 19.8 Å². The number of benzene rings is 2. The fourth-order valence-electron chi connectivity index (χ4n) is 5.27. The third kappa shape index (κ3) is 4.95. The number of rotatable bonds is 2. The van der Waals surface area contributed by atoms with Gasteiger partial charge in [-0.2, -0.15) is 0 Å². The van der Waals surface area contributed by atoms with E-state index in [1.165, 1.54) is 0 Å². The predicted octanol–water partition coefficient (Wildman–Crippen LogP) is 8.08. The van der Waals surface area contributed by atoms with Crippen LogP contribution >= 0.6 is 0 Å². The van der Waals surface area contributed by atoms with E-state index in [2.05, 4.69) is 20.3 Å². The van der Waals surface area contributed by atoms with E-state index in [9.17, 15) is 9.59 Å². The van der Waals surface area contributed by atoms with Gasteiger partial charge < -0.3 is 19.2 Å². The molecular formula is C32H30N6O4. The zero-order valence-electron chi connectivity index (χ0n) is 24.2. The molecule has 0 radical (unpaired) electrons. The van der Waals surface area contributed by atoms with Crippen molar-refractivity contribution in [2.24, 2.45) is 14.1 Å². The van der Waals surface area contributed by atoms with E-state index in [0.717, 1.165) is 45.0 Å². The van der Waals surface area contributed by atoms with E-state index in [1.54, 1.807) is 12.1 Å². The fourth-order valence-corrected chi connectivity index (χ4v) is 5.27. The van der Waals surface area contributed by atoms with Crippen molar-refractivity contribution in [3.8, 4) is 22.5 Å². The first-order valence-electron chi connectivity index (χ1n) is 13.2. The van der Waals surface area contributed by atoms with Gasteiger partial charge in [0.2, 0.25) is 11.6 Å². The summed E-state index contributed by atoms with van der Waals surface area (Å²) in [6.45, 7) is 21.7. The molecule has 2 amide bonds. The first kappa shape index (κ1) is 28.1. The minimum atomic E-state index is -0.679. The Hall–Kier alpha value is -5.48. The largest absolute Gasteiger partial charge is 0.438 e. The molecule has 2 aromatic carbocycles. The highest BCUT2D eigenvalue weighted by Gasteiger charge is 2.35. The van der Waals surface area contributed by atoms with Gasteiger partial charge in [0.1, 0.15) is 22.6 Å². The number of carbonyl (C=O) groups is 2. The zero-order chi connectivity index (χ0) is 30.4. The minimum absolute atomic E-state index is 0.436. The number of anilines is 2. The normalized spacial score (nSPS) is 15.6. The lowest BCUT2D eigenvalue weighted by atomic mass is 9.92. The molecule has 4 aromatic rings. The Morgan fingerprint density at radius 1 is 0.643 bits per heavy atom. The van der Waals surface area contributed by atoms with E-state index >= 15 is 0 Å². The molecule has 0 saturated heterocycles. The van der Waals surface area contributed by atoms with Crippen LogP contribution in [0.3, 0.4) is 0 Å². The van der Waals surface area contributed by atoms with Crippen LogP contribution in [0.2, 0.25) is 0 Å². The van der Waals surface area contributed by atoms with Gasteiger partial charge >= 0.3 is 12.2 Å². The molecule has 2 aliphatic heterocycles. The molecule has 2 N–H and O–H groups in total. The molecule has 0 fully saturated rings. The summed E-state index contributed by atoms with van der Waals surface area (Å²) in [6, 6.07) is 19.0. The molecule has 10 nitrogen and oxygen atoms in total.